The molecule has 0 aliphatic rings. The highest BCUT2D eigenvalue weighted by Crippen LogP contribution is 2.22. The van der Waals surface area contributed by atoms with Gasteiger partial charge in [0.05, 0.1) is 5.69 Å². The number of ether oxygens (including phenoxy) is 1. The molecule has 0 saturated carbocycles. The maximum Gasteiger partial charge on any atom is 0.330 e. The number of nitrogens with zero attached hydrogens (tertiary/aromatic N) is 2. The molecule has 0 saturated heterocycles. The Morgan fingerprint density at radius 1 is 0.880 bits per heavy atom. The van der Waals surface area contributed by atoms with Gasteiger partial charge in [0.25, 0.3) is 5.56 Å². The van der Waals surface area contributed by atoms with Crippen LogP contribution in [0.1, 0.15) is 16.8 Å². The zero-order chi connectivity index (χ0) is 17.8. The average Bonchev–Trinajstić information content (AvgIpc) is 2.64. The van der Waals surface area contributed by atoms with E-state index in [1.807, 2.05) is 42.5 Å². The van der Waals surface area contributed by atoms with E-state index in [1.54, 1.807) is 7.05 Å². The molecule has 0 aliphatic heterocycles. The highest BCUT2D eigenvalue weighted by Gasteiger charge is 2.09. The van der Waals surface area contributed by atoms with E-state index in [1.165, 1.54) is 23.2 Å². The molecule has 1 heterocycles. The van der Waals surface area contributed by atoms with Crippen molar-refractivity contribution in [1.82, 2.24) is 9.13 Å². The lowest BCUT2D eigenvalue weighted by Gasteiger charge is -2.14. The van der Waals surface area contributed by atoms with E-state index in [4.69, 9.17) is 4.74 Å². The molecule has 2 aromatic carbocycles. The molecule has 1 aromatic heterocycles. The second-order valence-electron chi connectivity index (χ2n) is 5.93. The molecular weight excluding hydrogens is 316 g/mol. The minimum Gasteiger partial charge on any atom is -0.487 e. The van der Waals surface area contributed by atoms with Crippen LogP contribution in [0, 0.1) is 0 Å². The van der Waals surface area contributed by atoms with Gasteiger partial charge in [-0.1, -0.05) is 48.5 Å². The second kappa shape index (κ2) is 7.21. The van der Waals surface area contributed by atoms with E-state index < -0.39 is 0 Å². The first kappa shape index (κ1) is 16.8. The van der Waals surface area contributed by atoms with Crippen molar-refractivity contribution in [1.29, 1.82) is 0 Å². The van der Waals surface area contributed by atoms with Crippen molar-refractivity contribution in [2.75, 3.05) is 0 Å². The molecule has 25 heavy (non-hydrogen) atoms. The topological polar surface area (TPSA) is 53.2 Å². The molecule has 0 aliphatic carbocycles. The number of hydrogen-bond donors (Lipinski definition) is 0. The Balaban J connectivity index is 1.83. The third-order valence-corrected chi connectivity index (χ3v) is 4.21. The van der Waals surface area contributed by atoms with E-state index in [0.717, 1.165) is 22.3 Å². The normalized spacial score (nSPS) is 10.6. The molecule has 0 N–H and O–H groups in total. The van der Waals surface area contributed by atoms with Crippen LogP contribution in [0.15, 0.2) is 70.3 Å². The third-order valence-electron chi connectivity index (χ3n) is 4.21. The molecule has 0 bridgehead atoms. The summed E-state index contributed by atoms with van der Waals surface area (Å²) >= 11 is 0. The van der Waals surface area contributed by atoms with Crippen LogP contribution >= 0.6 is 0 Å². The van der Waals surface area contributed by atoms with Gasteiger partial charge in [0.2, 0.25) is 0 Å². The predicted octanol–water partition coefficient (Wildman–Crippen LogP) is 2.25. The van der Waals surface area contributed by atoms with Gasteiger partial charge >= 0.3 is 5.69 Å². The molecule has 0 spiro atoms. The molecule has 3 rings (SSSR count). The molecule has 3 aromatic rings. The van der Waals surface area contributed by atoms with Crippen LogP contribution in [0.5, 0.6) is 5.75 Å². The van der Waals surface area contributed by atoms with Gasteiger partial charge < -0.3 is 4.74 Å². The minimum atomic E-state index is -0.358. The summed E-state index contributed by atoms with van der Waals surface area (Å²) in [6.07, 6.45) is 0.756. The molecule has 5 nitrogen and oxygen atoms in total. The van der Waals surface area contributed by atoms with Crippen molar-refractivity contribution < 1.29 is 4.74 Å². The molecule has 0 unspecified atom stereocenters. The van der Waals surface area contributed by atoms with Crippen molar-refractivity contribution in [3.63, 3.8) is 0 Å². The van der Waals surface area contributed by atoms with Crippen LogP contribution in [-0.2, 0) is 27.1 Å². The number of hydrogen-bond acceptors (Lipinski definition) is 3. The van der Waals surface area contributed by atoms with Gasteiger partial charge in [-0.3, -0.25) is 13.9 Å². The van der Waals surface area contributed by atoms with Gasteiger partial charge in [0.15, 0.2) is 0 Å². The van der Waals surface area contributed by atoms with E-state index in [0.29, 0.717) is 5.69 Å². The molecule has 0 radical (unpaired) electrons. The summed E-state index contributed by atoms with van der Waals surface area (Å²) in [5.74, 6) is 0.750. The van der Waals surface area contributed by atoms with Gasteiger partial charge in [0, 0.05) is 26.6 Å². The maximum atomic E-state index is 12.0. The van der Waals surface area contributed by atoms with Crippen LogP contribution < -0.4 is 16.0 Å². The van der Waals surface area contributed by atoms with Gasteiger partial charge in [-0.15, -0.1) is 0 Å². The second-order valence-corrected chi connectivity index (χ2v) is 5.93. The molecular formula is C20H20N2O3. The Kier molecular flexibility index (Phi) is 4.84. The van der Waals surface area contributed by atoms with Crippen LogP contribution in [0.2, 0.25) is 0 Å². The van der Waals surface area contributed by atoms with Crippen LogP contribution in [0.3, 0.4) is 0 Å². The molecule has 0 fully saturated rings. The van der Waals surface area contributed by atoms with Crippen molar-refractivity contribution in [2.24, 2.45) is 14.1 Å². The summed E-state index contributed by atoms with van der Waals surface area (Å²) in [7, 11) is 3.10. The standard InChI is InChI=1S/C20H20N2O3/c1-21-17(13-19(23)22(2)20(21)24)14-25-18-11-7-6-10-16(18)12-15-8-4-3-5-9-15/h3-11,13H,12,14H2,1-2H3. The number of rotatable bonds is 5. The van der Waals surface area contributed by atoms with Crippen molar-refractivity contribution in [3.05, 3.63) is 98.3 Å². The van der Waals surface area contributed by atoms with Crippen molar-refractivity contribution in [2.45, 2.75) is 13.0 Å². The molecule has 0 atom stereocenters. The highest BCUT2D eigenvalue weighted by atomic mass is 16.5. The van der Waals surface area contributed by atoms with Crippen LogP contribution in [0.4, 0.5) is 0 Å². The Morgan fingerprint density at radius 3 is 2.32 bits per heavy atom. The lowest BCUT2D eigenvalue weighted by Crippen LogP contribution is -2.38. The summed E-state index contributed by atoms with van der Waals surface area (Å²) in [6.45, 7) is 0.160. The fourth-order valence-corrected chi connectivity index (χ4v) is 2.67. The summed E-state index contributed by atoms with van der Waals surface area (Å²) in [6, 6.07) is 19.4. The van der Waals surface area contributed by atoms with Crippen molar-refractivity contribution >= 4 is 0 Å². The van der Waals surface area contributed by atoms with E-state index in [2.05, 4.69) is 12.1 Å². The van der Waals surface area contributed by atoms with Gasteiger partial charge in [0.1, 0.15) is 12.4 Å². The Bertz CT molecular complexity index is 988. The maximum absolute atomic E-state index is 12.0. The van der Waals surface area contributed by atoms with Gasteiger partial charge in [-0.25, -0.2) is 4.79 Å². The summed E-state index contributed by atoms with van der Waals surface area (Å²) in [5.41, 5.74) is 2.10. The first-order valence-electron chi connectivity index (χ1n) is 8.07. The van der Waals surface area contributed by atoms with Crippen LogP contribution in [0.25, 0.3) is 0 Å². The quantitative estimate of drug-likeness (QED) is 0.718. The number of aromatic nitrogens is 2. The summed E-state index contributed by atoms with van der Waals surface area (Å²) in [5, 5.41) is 0. The predicted molar refractivity (Wildman–Crippen MR) is 96.9 cm³/mol. The van der Waals surface area contributed by atoms with Crippen molar-refractivity contribution in [3.8, 4) is 5.75 Å². The minimum absolute atomic E-state index is 0.160. The first-order valence-corrected chi connectivity index (χ1v) is 8.07. The summed E-state index contributed by atoms with van der Waals surface area (Å²) < 4.78 is 8.43. The number of para-hydroxylation sites is 1. The third kappa shape index (κ3) is 3.71. The van der Waals surface area contributed by atoms with Crippen LogP contribution in [-0.4, -0.2) is 9.13 Å². The highest BCUT2D eigenvalue weighted by molar-refractivity contribution is 5.37. The number of benzene rings is 2. The Labute approximate surface area is 145 Å². The van der Waals surface area contributed by atoms with Gasteiger partial charge in [-0.2, -0.15) is 0 Å². The Morgan fingerprint density at radius 2 is 1.56 bits per heavy atom. The lowest BCUT2D eigenvalue weighted by atomic mass is 10.0. The van der Waals surface area contributed by atoms with E-state index in [9.17, 15) is 9.59 Å². The molecule has 0 amide bonds. The van der Waals surface area contributed by atoms with Gasteiger partial charge in [-0.05, 0) is 17.2 Å². The summed E-state index contributed by atoms with van der Waals surface area (Å²) in [4.78, 5) is 23.8. The first-order chi connectivity index (χ1) is 12.1. The SMILES string of the molecule is Cn1c(COc2ccccc2Cc2ccccc2)cc(=O)n(C)c1=O. The smallest absolute Gasteiger partial charge is 0.330 e. The van der Waals surface area contributed by atoms with E-state index in [-0.39, 0.29) is 17.9 Å². The molecule has 5 heteroatoms. The lowest BCUT2D eigenvalue weighted by molar-refractivity contribution is 0.291. The Hall–Kier alpha value is -3.08. The van der Waals surface area contributed by atoms with E-state index >= 15 is 0 Å². The zero-order valence-electron chi connectivity index (χ0n) is 14.3. The fourth-order valence-electron chi connectivity index (χ4n) is 2.67. The largest absolute Gasteiger partial charge is 0.487 e. The fraction of sp³-hybridized carbons (Fsp3) is 0.200. The zero-order valence-corrected chi connectivity index (χ0v) is 14.3. The monoisotopic (exact) mass is 336 g/mol. The average molecular weight is 336 g/mol. The molecule has 128 valence electrons.